The van der Waals surface area contributed by atoms with Crippen molar-refractivity contribution in [1.82, 2.24) is 4.90 Å². The predicted octanol–water partition coefficient (Wildman–Crippen LogP) is 3.74. The summed E-state index contributed by atoms with van der Waals surface area (Å²) in [5, 5.41) is 0.673. The summed E-state index contributed by atoms with van der Waals surface area (Å²) in [6.45, 7) is 3.04. The van der Waals surface area contributed by atoms with Crippen LogP contribution in [0, 0.1) is 0 Å². The Morgan fingerprint density at radius 2 is 2.06 bits per heavy atom. The van der Waals surface area contributed by atoms with Gasteiger partial charge in [0.2, 0.25) is 0 Å². The molecule has 2 rings (SSSR count). The largest absolute Gasteiger partial charge is 0.336 e. The van der Waals surface area contributed by atoms with Crippen LogP contribution in [0.25, 0.3) is 0 Å². The van der Waals surface area contributed by atoms with Crippen molar-refractivity contribution >= 4 is 17.5 Å². The fourth-order valence-electron chi connectivity index (χ4n) is 2.45. The quantitative estimate of drug-likeness (QED) is 0.784. The van der Waals surface area contributed by atoms with Crippen molar-refractivity contribution in [3.8, 4) is 0 Å². The van der Waals surface area contributed by atoms with Crippen molar-refractivity contribution in [2.45, 2.75) is 38.6 Å². The van der Waals surface area contributed by atoms with E-state index < -0.39 is 0 Å². The minimum atomic E-state index is 0.146. The topological polar surface area (TPSA) is 20.3 Å². The van der Waals surface area contributed by atoms with E-state index in [4.69, 9.17) is 11.6 Å². The number of piperidine rings is 1. The van der Waals surface area contributed by atoms with E-state index in [1.165, 1.54) is 6.42 Å². The Bertz CT molecular complexity index is 388. The SMILES string of the molecule is CC[C@@H]1CCCCN1C(=O)c1ccc(Cl)cc1. The number of hydrogen-bond donors (Lipinski definition) is 0. The molecule has 0 bridgehead atoms. The molecular formula is C14H18ClNO. The second kappa shape index (κ2) is 5.54. The van der Waals surface area contributed by atoms with Gasteiger partial charge < -0.3 is 4.90 Å². The Kier molecular flexibility index (Phi) is 4.06. The molecular weight excluding hydrogens is 234 g/mol. The normalized spacial score (nSPS) is 20.4. The van der Waals surface area contributed by atoms with E-state index in [0.717, 1.165) is 31.4 Å². The molecule has 1 aliphatic heterocycles. The summed E-state index contributed by atoms with van der Waals surface area (Å²) in [6.07, 6.45) is 4.54. The fraction of sp³-hybridized carbons (Fsp3) is 0.500. The van der Waals surface area contributed by atoms with Gasteiger partial charge in [-0.1, -0.05) is 18.5 Å². The summed E-state index contributed by atoms with van der Waals surface area (Å²) in [4.78, 5) is 14.4. The van der Waals surface area contributed by atoms with Crippen LogP contribution in [0.1, 0.15) is 43.0 Å². The number of amides is 1. The second-order valence-electron chi connectivity index (χ2n) is 4.56. The van der Waals surface area contributed by atoms with Crippen molar-refractivity contribution < 1.29 is 4.79 Å². The van der Waals surface area contributed by atoms with Gasteiger partial charge in [-0.2, -0.15) is 0 Å². The molecule has 1 aromatic rings. The number of rotatable bonds is 2. The first-order chi connectivity index (χ1) is 8.22. The lowest BCUT2D eigenvalue weighted by Gasteiger charge is -2.35. The Morgan fingerprint density at radius 3 is 2.71 bits per heavy atom. The highest BCUT2D eigenvalue weighted by molar-refractivity contribution is 6.30. The van der Waals surface area contributed by atoms with Crippen molar-refractivity contribution in [2.75, 3.05) is 6.54 Å². The summed E-state index contributed by atoms with van der Waals surface area (Å²) in [5.41, 5.74) is 0.745. The highest BCUT2D eigenvalue weighted by atomic mass is 35.5. The molecule has 1 fully saturated rings. The zero-order chi connectivity index (χ0) is 12.3. The molecule has 1 aromatic carbocycles. The van der Waals surface area contributed by atoms with Gasteiger partial charge in [0.15, 0.2) is 0 Å². The summed E-state index contributed by atoms with van der Waals surface area (Å²) in [5.74, 6) is 0.146. The maximum atomic E-state index is 12.4. The summed E-state index contributed by atoms with van der Waals surface area (Å²) in [6, 6.07) is 7.59. The van der Waals surface area contributed by atoms with E-state index in [1.54, 1.807) is 12.1 Å². The number of likely N-dealkylation sites (tertiary alicyclic amines) is 1. The number of halogens is 1. The van der Waals surface area contributed by atoms with Gasteiger partial charge in [0, 0.05) is 23.2 Å². The molecule has 0 unspecified atom stereocenters. The first kappa shape index (κ1) is 12.4. The van der Waals surface area contributed by atoms with E-state index in [2.05, 4.69) is 6.92 Å². The summed E-state index contributed by atoms with van der Waals surface area (Å²) >= 11 is 5.83. The first-order valence-corrected chi connectivity index (χ1v) is 6.66. The molecule has 2 nitrogen and oxygen atoms in total. The van der Waals surface area contributed by atoms with Crippen LogP contribution in [0.4, 0.5) is 0 Å². The molecule has 0 spiro atoms. The molecule has 0 N–H and O–H groups in total. The molecule has 0 aliphatic carbocycles. The highest BCUT2D eigenvalue weighted by Crippen LogP contribution is 2.22. The maximum absolute atomic E-state index is 12.4. The molecule has 1 amide bonds. The van der Waals surface area contributed by atoms with Crippen LogP contribution in [0.5, 0.6) is 0 Å². The summed E-state index contributed by atoms with van der Waals surface area (Å²) < 4.78 is 0. The van der Waals surface area contributed by atoms with Gasteiger partial charge >= 0.3 is 0 Å². The van der Waals surface area contributed by atoms with Crippen LogP contribution in [-0.4, -0.2) is 23.4 Å². The van der Waals surface area contributed by atoms with Crippen LogP contribution in [0.3, 0.4) is 0 Å². The molecule has 1 heterocycles. The van der Waals surface area contributed by atoms with Gasteiger partial charge in [0.05, 0.1) is 0 Å². The van der Waals surface area contributed by atoms with Crippen LogP contribution < -0.4 is 0 Å². The van der Waals surface area contributed by atoms with Gasteiger partial charge in [0.25, 0.3) is 5.91 Å². The number of carbonyl (C=O) groups excluding carboxylic acids is 1. The van der Waals surface area contributed by atoms with Gasteiger partial charge in [-0.05, 0) is 49.9 Å². The lowest BCUT2D eigenvalue weighted by Crippen LogP contribution is -2.43. The Hall–Kier alpha value is -1.02. The van der Waals surface area contributed by atoms with Gasteiger partial charge in [-0.3, -0.25) is 4.79 Å². The van der Waals surface area contributed by atoms with Crippen molar-refractivity contribution in [1.29, 1.82) is 0 Å². The van der Waals surface area contributed by atoms with E-state index >= 15 is 0 Å². The predicted molar refractivity (Wildman–Crippen MR) is 70.4 cm³/mol. The number of carbonyl (C=O) groups is 1. The van der Waals surface area contributed by atoms with Gasteiger partial charge in [-0.25, -0.2) is 0 Å². The van der Waals surface area contributed by atoms with Crippen molar-refractivity contribution in [3.63, 3.8) is 0 Å². The third kappa shape index (κ3) is 2.81. The van der Waals surface area contributed by atoms with E-state index in [9.17, 15) is 4.79 Å². The minimum Gasteiger partial charge on any atom is -0.336 e. The number of nitrogens with zero attached hydrogens (tertiary/aromatic N) is 1. The Labute approximate surface area is 108 Å². The number of benzene rings is 1. The average molecular weight is 252 g/mol. The van der Waals surface area contributed by atoms with Crippen molar-refractivity contribution in [3.05, 3.63) is 34.9 Å². The molecule has 1 saturated heterocycles. The molecule has 92 valence electrons. The second-order valence-corrected chi connectivity index (χ2v) is 5.00. The van der Waals surface area contributed by atoms with Crippen LogP contribution in [0.15, 0.2) is 24.3 Å². The molecule has 1 atom stereocenters. The molecule has 3 heteroatoms. The molecule has 0 saturated carbocycles. The van der Waals surface area contributed by atoms with Crippen molar-refractivity contribution in [2.24, 2.45) is 0 Å². The van der Waals surface area contributed by atoms with Crippen LogP contribution in [-0.2, 0) is 0 Å². The minimum absolute atomic E-state index is 0.146. The maximum Gasteiger partial charge on any atom is 0.254 e. The Balaban J connectivity index is 2.15. The zero-order valence-corrected chi connectivity index (χ0v) is 10.9. The standard InChI is InChI=1S/C14H18ClNO/c1-2-13-5-3-4-10-16(13)14(17)11-6-8-12(15)9-7-11/h6-9,13H,2-5,10H2,1H3/t13-/m1/s1. The number of hydrogen-bond acceptors (Lipinski definition) is 1. The third-order valence-corrected chi connectivity index (χ3v) is 3.70. The zero-order valence-electron chi connectivity index (χ0n) is 10.2. The highest BCUT2D eigenvalue weighted by Gasteiger charge is 2.25. The molecule has 0 radical (unpaired) electrons. The Morgan fingerprint density at radius 1 is 1.35 bits per heavy atom. The monoisotopic (exact) mass is 251 g/mol. The van der Waals surface area contributed by atoms with E-state index in [0.29, 0.717) is 11.1 Å². The fourth-order valence-corrected chi connectivity index (χ4v) is 2.58. The van der Waals surface area contributed by atoms with Gasteiger partial charge in [0.1, 0.15) is 0 Å². The van der Waals surface area contributed by atoms with E-state index in [1.807, 2.05) is 17.0 Å². The van der Waals surface area contributed by atoms with Crippen LogP contribution >= 0.6 is 11.6 Å². The molecule has 1 aliphatic rings. The smallest absolute Gasteiger partial charge is 0.254 e. The first-order valence-electron chi connectivity index (χ1n) is 6.29. The van der Waals surface area contributed by atoms with Gasteiger partial charge in [-0.15, -0.1) is 0 Å². The summed E-state index contributed by atoms with van der Waals surface area (Å²) in [7, 11) is 0. The average Bonchev–Trinajstić information content (AvgIpc) is 2.39. The lowest BCUT2D eigenvalue weighted by molar-refractivity contribution is 0.0608. The lowest BCUT2D eigenvalue weighted by atomic mass is 9.99. The van der Waals surface area contributed by atoms with E-state index in [-0.39, 0.29) is 5.91 Å². The third-order valence-electron chi connectivity index (χ3n) is 3.45. The van der Waals surface area contributed by atoms with Crippen LogP contribution in [0.2, 0.25) is 5.02 Å². The molecule has 17 heavy (non-hydrogen) atoms. The molecule has 0 aromatic heterocycles.